The molecule has 0 aliphatic carbocycles. The molecule has 0 fully saturated rings. The number of aromatic hydroxyl groups is 2. The number of halogens is 2. The first-order valence-corrected chi connectivity index (χ1v) is 19.7. The molecule has 0 saturated carbocycles. The molecule has 298 valence electrons. The molecule has 6 rings (SSSR count). The molecule has 18 nitrogen and oxygen atoms in total. The van der Waals surface area contributed by atoms with E-state index in [-0.39, 0.29) is 90.4 Å². The fourth-order valence-electron chi connectivity index (χ4n) is 4.85. The Morgan fingerprint density at radius 1 is 0.603 bits per heavy atom. The fraction of sp³-hybridized carbons (Fsp3) is 0.118. The number of aryl methyl sites for hydroxylation is 2. The number of azo groups is 2. The molecule has 0 spiro atoms. The van der Waals surface area contributed by atoms with Crippen LogP contribution in [0.2, 0.25) is 10.0 Å². The van der Waals surface area contributed by atoms with Crippen molar-refractivity contribution < 1.29 is 73.4 Å². The van der Waals surface area contributed by atoms with Crippen LogP contribution in [0.15, 0.2) is 125 Å². The number of H-pyrrole nitrogens is 2. The zero-order valence-electron chi connectivity index (χ0n) is 31.0. The van der Waals surface area contributed by atoms with Crippen molar-refractivity contribution in [2.45, 2.75) is 23.6 Å². The van der Waals surface area contributed by atoms with Crippen LogP contribution in [-0.2, 0) is 36.8 Å². The SMILES string of the molecule is CNS(=O)(=O)c1ccc(O)c(N=Nc2c(C)[nH]n(-c3cccc(Cl)c3)c2=O)c1.CNS(=O)(=O)c1ccc(O)c(N=Nc2c(C)[nH]n(-c3cccc(Cl)c3)c2=O)c1.[Co+3].[Na+]. The van der Waals surface area contributed by atoms with E-state index in [1.165, 1.54) is 47.7 Å². The summed E-state index contributed by atoms with van der Waals surface area (Å²) in [5.41, 5.74) is 0.821. The normalized spacial score (nSPS) is 11.6. The molecule has 0 amide bonds. The van der Waals surface area contributed by atoms with E-state index < -0.39 is 31.2 Å². The Balaban J connectivity index is 0.000000300. The summed E-state index contributed by atoms with van der Waals surface area (Å²) < 4.78 is 54.5. The third-order valence-corrected chi connectivity index (χ3v) is 11.1. The molecule has 2 heterocycles. The van der Waals surface area contributed by atoms with Gasteiger partial charge in [-0.2, -0.15) is 0 Å². The number of phenols is 2. The van der Waals surface area contributed by atoms with Crippen LogP contribution in [0.3, 0.4) is 0 Å². The van der Waals surface area contributed by atoms with Gasteiger partial charge in [0, 0.05) is 10.0 Å². The smallest absolute Gasteiger partial charge is 0.506 e. The maximum absolute atomic E-state index is 12.6. The van der Waals surface area contributed by atoms with Crippen molar-refractivity contribution in [1.29, 1.82) is 0 Å². The number of aromatic nitrogens is 4. The van der Waals surface area contributed by atoms with Crippen molar-refractivity contribution in [3.05, 3.63) is 127 Å². The standard InChI is InChI=1S/2C17H16ClN5O4S.Co.Na/c2*1-10-16(17(25)23(22-10)12-5-3-4-11(18)8-12)21-20-14-9-13(6-7-15(14)24)28(26,27)19-2;;/h2*3-9,19,22,24H,1-2H3;;/q;;+3;+1. The largest absolute Gasteiger partial charge is 3.00 e. The van der Waals surface area contributed by atoms with Crippen LogP contribution in [-0.4, -0.2) is 60.7 Å². The summed E-state index contributed by atoms with van der Waals surface area (Å²) in [4.78, 5) is 25.1. The van der Waals surface area contributed by atoms with Gasteiger partial charge < -0.3 is 10.2 Å². The van der Waals surface area contributed by atoms with Gasteiger partial charge in [-0.25, -0.2) is 35.6 Å². The van der Waals surface area contributed by atoms with E-state index in [9.17, 15) is 36.6 Å². The molecule has 0 aliphatic heterocycles. The maximum atomic E-state index is 12.6. The molecule has 6 N–H and O–H groups in total. The Morgan fingerprint density at radius 2 is 0.966 bits per heavy atom. The molecule has 24 heteroatoms. The first-order chi connectivity index (χ1) is 26.4. The number of benzene rings is 4. The molecule has 0 radical (unpaired) electrons. The summed E-state index contributed by atoms with van der Waals surface area (Å²) in [6, 6.07) is 20.5. The minimum atomic E-state index is -3.72. The van der Waals surface area contributed by atoms with E-state index >= 15 is 0 Å². The van der Waals surface area contributed by atoms with Crippen LogP contribution in [0.1, 0.15) is 11.4 Å². The average molecular weight is 926 g/mol. The number of hydrogen-bond acceptors (Lipinski definition) is 12. The van der Waals surface area contributed by atoms with Crippen LogP contribution in [0, 0.1) is 13.8 Å². The Kier molecular flexibility index (Phi) is 16.6. The molecule has 58 heavy (non-hydrogen) atoms. The second-order valence-corrected chi connectivity index (χ2v) is 16.2. The number of phenolic OH excluding ortho intramolecular Hbond substituents is 2. The minimum absolute atomic E-state index is 0. The summed E-state index contributed by atoms with van der Waals surface area (Å²) in [5.74, 6) is -0.552. The zero-order chi connectivity index (χ0) is 40.9. The van der Waals surface area contributed by atoms with E-state index in [1.54, 1.807) is 62.4 Å². The average Bonchev–Trinajstić information content (AvgIpc) is 3.62. The van der Waals surface area contributed by atoms with Gasteiger partial charge in [-0.1, -0.05) is 35.3 Å². The number of sulfonamides is 2. The van der Waals surface area contributed by atoms with Crippen LogP contribution in [0.25, 0.3) is 11.4 Å². The van der Waals surface area contributed by atoms with Crippen molar-refractivity contribution in [2.75, 3.05) is 14.1 Å². The number of aromatic amines is 2. The van der Waals surface area contributed by atoms with E-state index in [2.05, 4.69) is 40.1 Å². The topological polar surface area (TPSA) is 258 Å². The van der Waals surface area contributed by atoms with Crippen LogP contribution < -0.4 is 50.1 Å². The van der Waals surface area contributed by atoms with Gasteiger partial charge >= 0.3 is 46.3 Å². The molecular weight excluding hydrogens is 893 g/mol. The molecule has 0 atom stereocenters. The van der Waals surface area contributed by atoms with Gasteiger partial charge in [0.15, 0.2) is 11.4 Å². The Hall–Kier alpha value is -4.39. The number of nitrogens with one attached hydrogen (secondary N) is 4. The van der Waals surface area contributed by atoms with Gasteiger partial charge in [-0.05, 0) is 101 Å². The molecule has 0 unspecified atom stereocenters. The van der Waals surface area contributed by atoms with Gasteiger partial charge in [0.05, 0.1) is 32.6 Å². The second-order valence-electron chi connectivity index (χ2n) is 11.5. The Labute approximate surface area is 373 Å². The Bertz CT molecular complexity index is 2670. The van der Waals surface area contributed by atoms with Gasteiger partial charge in [0.25, 0.3) is 11.1 Å². The van der Waals surface area contributed by atoms with E-state index in [4.69, 9.17) is 23.2 Å². The third-order valence-electron chi connectivity index (χ3n) is 7.78. The van der Waals surface area contributed by atoms with Gasteiger partial charge in [0.1, 0.15) is 22.9 Å². The first kappa shape index (κ1) is 48.0. The maximum Gasteiger partial charge on any atom is 3.00 e. The minimum Gasteiger partial charge on any atom is -0.506 e. The van der Waals surface area contributed by atoms with Crippen molar-refractivity contribution in [3.63, 3.8) is 0 Å². The fourth-order valence-corrected chi connectivity index (χ4v) is 6.72. The molecule has 0 saturated heterocycles. The van der Waals surface area contributed by atoms with E-state index in [0.29, 0.717) is 32.8 Å². The summed E-state index contributed by atoms with van der Waals surface area (Å²) in [6.45, 7) is 3.27. The summed E-state index contributed by atoms with van der Waals surface area (Å²) in [6.07, 6.45) is 0. The molecule has 4 aromatic carbocycles. The summed E-state index contributed by atoms with van der Waals surface area (Å²) in [7, 11) is -4.90. The summed E-state index contributed by atoms with van der Waals surface area (Å²) >= 11 is 11.9. The number of rotatable bonds is 10. The van der Waals surface area contributed by atoms with Crippen molar-refractivity contribution in [3.8, 4) is 22.9 Å². The van der Waals surface area contributed by atoms with Gasteiger partial charge in [-0.3, -0.25) is 19.8 Å². The quantitative estimate of drug-likeness (QED) is 0.0876. The second kappa shape index (κ2) is 20.0. The third kappa shape index (κ3) is 11.0. The molecule has 6 aromatic rings. The predicted molar refractivity (Wildman–Crippen MR) is 209 cm³/mol. The van der Waals surface area contributed by atoms with Crippen LogP contribution in [0.4, 0.5) is 22.7 Å². The number of nitrogens with zero attached hydrogens (tertiary/aromatic N) is 6. The van der Waals surface area contributed by atoms with Crippen LogP contribution in [0.5, 0.6) is 11.5 Å². The van der Waals surface area contributed by atoms with Crippen molar-refractivity contribution >= 4 is 66.0 Å². The van der Waals surface area contributed by atoms with Crippen LogP contribution >= 0.6 is 23.2 Å². The number of hydrogen-bond donors (Lipinski definition) is 6. The monoisotopic (exact) mass is 924 g/mol. The first-order valence-electron chi connectivity index (χ1n) is 16.0. The molecule has 0 aliphatic rings. The van der Waals surface area contributed by atoms with Gasteiger partial charge in [-0.15, -0.1) is 20.5 Å². The molecule has 0 bridgehead atoms. The van der Waals surface area contributed by atoms with Crippen molar-refractivity contribution in [1.82, 2.24) is 29.0 Å². The van der Waals surface area contributed by atoms with E-state index in [1.807, 2.05) is 0 Å². The van der Waals surface area contributed by atoms with E-state index in [0.717, 1.165) is 12.1 Å². The zero-order valence-corrected chi connectivity index (χ0v) is 37.2. The predicted octanol–water partition coefficient (Wildman–Crippen LogP) is 3.31. The van der Waals surface area contributed by atoms with Crippen molar-refractivity contribution in [2.24, 2.45) is 20.5 Å². The Morgan fingerprint density at radius 3 is 1.29 bits per heavy atom. The van der Waals surface area contributed by atoms with Gasteiger partial charge in [0.2, 0.25) is 20.0 Å². The summed E-state index contributed by atoms with van der Waals surface area (Å²) in [5, 5.41) is 42.1. The molecule has 2 aromatic heterocycles. The molecular formula is C34H32Cl2CoN10NaO8S2+4.